The summed E-state index contributed by atoms with van der Waals surface area (Å²) in [6, 6.07) is 3.90. The minimum absolute atomic E-state index is 0.101. The zero-order valence-electron chi connectivity index (χ0n) is 12.7. The summed E-state index contributed by atoms with van der Waals surface area (Å²) in [5.41, 5.74) is 8.89. The summed E-state index contributed by atoms with van der Waals surface area (Å²) in [5, 5.41) is 4.29. The van der Waals surface area contributed by atoms with Gasteiger partial charge in [-0.1, -0.05) is 6.92 Å². The summed E-state index contributed by atoms with van der Waals surface area (Å²) in [6.45, 7) is 2.59. The number of amides is 1. The maximum absolute atomic E-state index is 12.5. The van der Waals surface area contributed by atoms with Gasteiger partial charge in [-0.3, -0.25) is 14.5 Å². The minimum Gasteiger partial charge on any atom is -0.395 e. The molecule has 0 spiro atoms. The van der Waals surface area contributed by atoms with Crippen molar-refractivity contribution in [3.05, 3.63) is 41.5 Å². The van der Waals surface area contributed by atoms with Crippen LogP contribution in [0.25, 0.3) is 0 Å². The molecule has 2 aromatic rings. The van der Waals surface area contributed by atoms with Crippen molar-refractivity contribution < 1.29 is 4.79 Å². The number of aromatic nitrogens is 3. The molecule has 0 fully saturated rings. The maximum atomic E-state index is 12.5. The Hall–Kier alpha value is -2.37. The number of hydrogen-bond donors (Lipinski definition) is 1. The zero-order chi connectivity index (χ0) is 15.4. The molecule has 0 aliphatic rings. The average molecular weight is 287 g/mol. The van der Waals surface area contributed by atoms with Gasteiger partial charge in [-0.05, 0) is 30.5 Å². The molecule has 2 N–H and O–H groups in total. The van der Waals surface area contributed by atoms with Crippen LogP contribution in [-0.2, 0) is 19.9 Å². The van der Waals surface area contributed by atoms with Gasteiger partial charge in [0.1, 0.15) is 5.69 Å². The van der Waals surface area contributed by atoms with Gasteiger partial charge in [0, 0.05) is 33.0 Å². The Morgan fingerprint density at radius 1 is 1.38 bits per heavy atom. The number of anilines is 1. The number of aryl methyl sites for hydroxylation is 2. The van der Waals surface area contributed by atoms with Crippen LogP contribution in [0.15, 0.2) is 24.5 Å². The molecular formula is C15H21N5O. The summed E-state index contributed by atoms with van der Waals surface area (Å²) in [6.07, 6.45) is 5.00. The lowest BCUT2D eigenvalue weighted by molar-refractivity contribution is 0.0787. The quantitative estimate of drug-likeness (QED) is 0.898. The van der Waals surface area contributed by atoms with E-state index in [0.717, 1.165) is 17.7 Å². The summed E-state index contributed by atoms with van der Waals surface area (Å²) in [7, 11) is 3.53. The third-order valence-corrected chi connectivity index (χ3v) is 3.53. The molecule has 0 radical (unpaired) electrons. The molecule has 6 heteroatoms. The molecule has 0 unspecified atom stereocenters. The first-order valence-corrected chi connectivity index (χ1v) is 7.00. The number of likely N-dealkylation sites (N-methyl/N-ethyl adjacent to an activating group) is 1. The second-order valence-corrected chi connectivity index (χ2v) is 5.02. The molecule has 21 heavy (non-hydrogen) atoms. The topological polar surface area (TPSA) is 77.0 Å². The van der Waals surface area contributed by atoms with Gasteiger partial charge in [0.2, 0.25) is 0 Å². The molecule has 0 saturated heterocycles. The highest BCUT2D eigenvalue weighted by atomic mass is 16.2. The molecular weight excluding hydrogens is 266 g/mol. The van der Waals surface area contributed by atoms with Crippen LogP contribution in [0.3, 0.4) is 0 Å². The van der Waals surface area contributed by atoms with E-state index in [2.05, 4.69) is 10.1 Å². The van der Waals surface area contributed by atoms with E-state index in [1.54, 1.807) is 36.1 Å². The second-order valence-electron chi connectivity index (χ2n) is 5.02. The summed E-state index contributed by atoms with van der Waals surface area (Å²) < 4.78 is 1.57. The number of nitrogens with two attached hydrogens (primary N) is 1. The molecule has 2 heterocycles. The van der Waals surface area contributed by atoms with Gasteiger partial charge in [0.15, 0.2) is 0 Å². The van der Waals surface area contributed by atoms with Gasteiger partial charge in [0.05, 0.1) is 11.4 Å². The number of nitrogens with zero attached hydrogens (tertiary/aromatic N) is 4. The molecule has 6 nitrogen and oxygen atoms in total. The van der Waals surface area contributed by atoms with Crippen LogP contribution in [0, 0.1) is 0 Å². The summed E-state index contributed by atoms with van der Waals surface area (Å²) in [4.78, 5) is 18.2. The van der Waals surface area contributed by atoms with Gasteiger partial charge in [-0.15, -0.1) is 0 Å². The van der Waals surface area contributed by atoms with E-state index in [4.69, 9.17) is 5.73 Å². The van der Waals surface area contributed by atoms with Crippen molar-refractivity contribution in [3.8, 4) is 0 Å². The Labute approximate surface area is 124 Å². The summed E-state index contributed by atoms with van der Waals surface area (Å²) in [5.74, 6) is -0.101. The molecule has 0 saturated carbocycles. The van der Waals surface area contributed by atoms with Crippen molar-refractivity contribution >= 4 is 11.6 Å². The Morgan fingerprint density at radius 3 is 2.62 bits per heavy atom. The van der Waals surface area contributed by atoms with E-state index >= 15 is 0 Å². The molecule has 112 valence electrons. The van der Waals surface area contributed by atoms with Crippen LogP contribution in [0.1, 0.15) is 28.7 Å². The van der Waals surface area contributed by atoms with Gasteiger partial charge >= 0.3 is 0 Å². The predicted molar refractivity (Wildman–Crippen MR) is 81.9 cm³/mol. The standard InChI is InChI=1S/C15H21N5O/c1-4-12-13(16)14(20(3)18-12)15(21)19(2)10-7-11-5-8-17-9-6-11/h5-6,8-9H,4,7,10,16H2,1-3H3. The lowest BCUT2D eigenvalue weighted by Gasteiger charge is -2.17. The maximum Gasteiger partial charge on any atom is 0.274 e. The van der Waals surface area contributed by atoms with Crippen molar-refractivity contribution in [2.24, 2.45) is 7.05 Å². The lowest BCUT2D eigenvalue weighted by atomic mass is 10.2. The number of pyridine rings is 1. The number of rotatable bonds is 5. The van der Waals surface area contributed by atoms with Gasteiger partial charge in [-0.2, -0.15) is 5.10 Å². The Morgan fingerprint density at radius 2 is 2.05 bits per heavy atom. The van der Waals surface area contributed by atoms with E-state index in [1.807, 2.05) is 19.1 Å². The highest BCUT2D eigenvalue weighted by molar-refractivity contribution is 5.97. The largest absolute Gasteiger partial charge is 0.395 e. The lowest BCUT2D eigenvalue weighted by Crippen LogP contribution is -2.31. The Kier molecular flexibility index (Phi) is 4.57. The van der Waals surface area contributed by atoms with Crippen LogP contribution in [0.4, 0.5) is 5.69 Å². The fourth-order valence-electron chi connectivity index (χ4n) is 2.24. The van der Waals surface area contributed by atoms with Crippen LogP contribution < -0.4 is 5.73 Å². The third kappa shape index (κ3) is 3.21. The van der Waals surface area contributed by atoms with Gasteiger partial charge < -0.3 is 10.6 Å². The average Bonchev–Trinajstić information content (AvgIpc) is 2.79. The molecule has 0 aliphatic carbocycles. The first-order chi connectivity index (χ1) is 10.0. The monoisotopic (exact) mass is 287 g/mol. The molecule has 0 aromatic carbocycles. The van der Waals surface area contributed by atoms with Crippen molar-refractivity contribution in [2.45, 2.75) is 19.8 Å². The number of carbonyl (C=O) groups excluding carboxylic acids is 1. The van der Waals surface area contributed by atoms with Crippen molar-refractivity contribution in [2.75, 3.05) is 19.3 Å². The van der Waals surface area contributed by atoms with Crippen LogP contribution in [0.5, 0.6) is 0 Å². The number of hydrogen-bond acceptors (Lipinski definition) is 4. The molecule has 2 aromatic heterocycles. The fraction of sp³-hybridized carbons (Fsp3) is 0.400. The van der Waals surface area contributed by atoms with E-state index in [0.29, 0.717) is 24.3 Å². The normalized spacial score (nSPS) is 10.6. The molecule has 2 rings (SSSR count). The first-order valence-electron chi connectivity index (χ1n) is 7.00. The van der Waals surface area contributed by atoms with Crippen molar-refractivity contribution in [1.29, 1.82) is 0 Å². The molecule has 1 amide bonds. The Bertz CT molecular complexity index is 620. The zero-order valence-corrected chi connectivity index (χ0v) is 12.7. The van der Waals surface area contributed by atoms with E-state index in [1.165, 1.54) is 0 Å². The third-order valence-electron chi connectivity index (χ3n) is 3.53. The highest BCUT2D eigenvalue weighted by Gasteiger charge is 2.21. The number of nitrogen functional groups attached to an aromatic ring is 1. The summed E-state index contributed by atoms with van der Waals surface area (Å²) >= 11 is 0. The number of carbonyl (C=O) groups is 1. The molecule has 0 aliphatic heterocycles. The smallest absolute Gasteiger partial charge is 0.274 e. The molecule has 0 bridgehead atoms. The van der Waals surface area contributed by atoms with Crippen molar-refractivity contribution in [1.82, 2.24) is 19.7 Å². The second kappa shape index (κ2) is 6.39. The fourth-order valence-corrected chi connectivity index (χ4v) is 2.24. The van der Waals surface area contributed by atoms with E-state index in [9.17, 15) is 4.79 Å². The predicted octanol–water partition coefficient (Wildman–Crippen LogP) is 1.27. The molecule has 0 atom stereocenters. The highest BCUT2D eigenvalue weighted by Crippen LogP contribution is 2.18. The van der Waals surface area contributed by atoms with Crippen LogP contribution in [0.2, 0.25) is 0 Å². The van der Waals surface area contributed by atoms with Crippen LogP contribution >= 0.6 is 0 Å². The Balaban J connectivity index is 2.07. The van der Waals surface area contributed by atoms with E-state index in [-0.39, 0.29) is 5.91 Å². The minimum atomic E-state index is -0.101. The van der Waals surface area contributed by atoms with Gasteiger partial charge in [-0.25, -0.2) is 0 Å². The van der Waals surface area contributed by atoms with Crippen molar-refractivity contribution in [3.63, 3.8) is 0 Å². The first kappa shape index (κ1) is 15.0. The van der Waals surface area contributed by atoms with E-state index < -0.39 is 0 Å². The van der Waals surface area contributed by atoms with Crippen LogP contribution in [-0.4, -0.2) is 39.2 Å². The van der Waals surface area contributed by atoms with Gasteiger partial charge in [0.25, 0.3) is 5.91 Å². The SMILES string of the molecule is CCc1nn(C)c(C(=O)N(C)CCc2ccncc2)c1N.